The number of anilines is 2. The first-order valence-electron chi connectivity index (χ1n) is 9.83. The first-order valence-corrected chi connectivity index (χ1v) is 9.83. The van der Waals surface area contributed by atoms with Gasteiger partial charge in [0, 0.05) is 36.9 Å². The topological polar surface area (TPSA) is 77.6 Å². The molecule has 0 radical (unpaired) electrons. The average Bonchev–Trinajstić information content (AvgIpc) is 3.40. The summed E-state index contributed by atoms with van der Waals surface area (Å²) < 4.78 is 3.96. The fourth-order valence-electron chi connectivity index (χ4n) is 3.78. The van der Waals surface area contributed by atoms with E-state index in [9.17, 15) is 4.79 Å². The highest BCUT2D eigenvalue weighted by atomic mass is 16.1. The molecule has 1 N–H and O–H groups in total. The molecule has 0 saturated heterocycles. The molecular formula is C20H26N6O. The van der Waals surface area contributed by atoms with Crippen molar-refractivity contribution in [3.05, 3.63) is 30.9 Å². The summed E-state index contributed by atoms with van der Waals surface area (Å²) in [6.07, 6.45) is 12.3. The Morgan fingerprint density at radius 1 is 1.30 bits per heavy atom. The van der Waals surface area contributed by atoms with Gasteiger partial charge >= 0.3 is 0 Å². The van der Waals surface area contributed by atoms with Crippen molar-refractivity contribution in [1.82, 2.24) is 24.3 Å². The molecule has 1 fully saturated rings. The fraction of sp³-hybridized carbons (Fsp3) is 0.500. The van der Waals surface area contributed by atoms with Crippen molar-refractivity contribution in [3.63, 3.8) is 0 Å². The van der Waals surface area contributed by atoms with Gasteiger partial charge in [-0.25, -0.2) is 4.98 Å². The highest BCUT2D eigenvalue weighted by Gasteiger charge is 2.26. The predicted octanol–water partition coefficient (Wildman–Crippen LogP) is 4.10. The van der Waals surface area contributed by atoms with E-state index in [1.165, 1.54) is 0 Å². The lowest BCUT2D eigenvalue weighted by molar-refractivity contribution is -0.120. The Hall–Kier alpha value is -2.70. The van der Waals surface area contributed by atoms with E-state index in [-0.39, 0.29) is 11.8 Å². The van der Waals surface area contributed by atoms with E-state index in [0.29, 0.717) is 18.3 Å². The average molecular weight is 366 g/mol. The first-order chi connectivity index (χ1) is 13.2. The maximum absolute atomic E-state index is 11.9. The van der Waals surface area contributed by atoms with Crippen LogP contribution in [0, 0.1) is 5.92 Å². The van der Waals surface area contributed by atoms with E-state index < -0.39 is 0 Å². The van der Waals surface area contributed by atoms with Crippen molar-refractivity contribution in [2.24, 2.45) is 5.92 Å². The molecule has 0 bridgehead atoms. The summed E-state index contributed by atoms with van der Waals surface area (Å²) in [7, 11) is 0. The second kappa shape index (κ2) is 7.50. The summed E-state index contributed by atoms with van der Waals surface area (Å²) in [6, 6.07) is 1.94. The minimum atomic E-state index is -0.124. The fourth-order valence-corrected chi connectivity index (χ4v) is 3.78. The molecule has 0 spiro atoms. The number of hydrogen-bond acceptors (Lipinski definition) is 5. The minimum absolute atomic E-state index is 0.124. The van der Waals surface area contributed by atoms with Crippen molar-refractivity contribution in [2.45, 2.75) is 58.5 Å². The molecule has 7 heteroatoms. The molecule has 3 aromatic heterocycles. The van der Waals surface area contributed by atoms with E-state index in [4.69, 9.17) is 4.98 Å². The van der Waals surface area contributed by atoms with E-state index in [2.05, 4.69) is 46.1 Å². The third kappa shape index (κ3) is 3.59. The summed E-state index contributed by atoms with van der Waals surface area (Å²) in [4.78, 5) is 21.1. The number of nitrogens with zero attached hydrogens (tertiary/aromatic N) is 5. The third-order valence-electron chi connectivity index (χ3n) is 5.56. The molecule has 1 aliphatic rings. The van der Waals surface area contributed by atoms with Gasteiger partial charge in [0.05, 0.1) is 11.9 Å². The van der Waals surface area contributed by atoms with Crippen molar-refractivity contribution in [3.8, 4) is 0 Å². The quantitative estimate of drug-likeness (QED) is 0.681. The van der Waals surface area contributed by atoms with Crippen LogP contribution in [0.3, 0.4) is 0 Å². The molecule has 1 saturated carbocycles. The maximum Gasteiger partial charge on any atom is 0.229 e. The van der Waals surface area contributed by atoms with Crippen LogP contribution in [0.5, 0.6) is 0 Å². The Kier molecular flexibility index (Phi) is 4.92. The number of fused-ring (bicyclic) bond motifs is 1. The summed E-state index contributed by atoms with van der Waals surface area (Å²) in [6.45, 7) is 5.43. The zero-order chi connectivity index (χ0) is 18.8. The molecule has 1 unspecified atom stereocenters. The van der Waals surface area contributed by atoms with Crippen LogP contribution in [0.25, 0.3) is 11.0 Å². The van der Waals surface area contributed by atoms with Crippen LogP contribution < -0.4 is 5.32 Å². The number of carbonyl (C=O) groups is 1. The molecule has 7 nitrogen and oxygen atoms in total. The van der Waals surface area contributed by atoms with Gasteiger partial charge in [0.1, 0.15) is 11.7 Å². The summed E-state index contributed by atoms with van der Waals surface area (Å²) in [5.74, 6) is 1.46. The predicted molar refractivity (Wildman–Crippen MR) is 105 cm³/mol. The van der Waals surface area contributed by atoms with Gasteiger partial charge in [-0.3, -0.25) is 9.48 Å². The molecule has 3 aromatic rings. The summed E-state index contributed by atoms with van der Waals surface area (Å²) in [5, 5.41) is 8.61. The lowest BCUT2D eigenvalue weighted by Gasteiger charge is -2.14. The second-order valence-electron chi connectivity index (χ2n) is 7.33. The van der Waals surface area contributed by atoms with Crippen LogP contribution in [-0.4, -0.2) is 30.1 Å². The Morgan fingerprint density at radius 3 is 2.89 bits per heavy atom. The van der Waals surface area contributed by atoms with Crippen molar-refractivity contribution < 1.29 is 4.79 Å². The van der Waals surface area contributed by atoms with Crippen LogP contribution in [0.4, 0.5) is 11.6 Å². The standard InChI is InChI=1S/C20H26N6O/c1-3-14(4-2)12-25-9-8-15-10-21-20(24-19(15)25)23-16-11-22-26(13-16)17-6-5-7-18(17)27/h8-11,13-14,17H,3-7,12H2,1-2H3,(H,21,23,24). The molecular weight excluding hydrogens is 340 g/mol. The van der Waals surface area contributed by atoms with Crippen molar-refractivity contribution in [1.29, 1.82) is 0 Å². The van der Waals surface area contributed by atoms with E-state index in [0.717, 1.165) is 48.9 Å². The highest BCUT2D eigenvalue weighted by molar-refractivity contribution is 5.84. The van der Waals surface area contributed by atoms with E-state index >= 15 is 0 Å². The van der Waals surface area contributed by atoms with Gasteiger partial charge in [0.15, 0.2) is 5.78 Å². The minimum Gasteiger partial charge on any atom is -0.332 e. The highest BCUT2D eigenvalue weighted by Crippen LogP contribution is 2.27. The smallest absolute Gasteiger partial charge is 0.229 e. The van der Waals surface area contributed by atoms with Gasteiger partial charge in [0.2, 0.25) is 5.95 Å². The first kappa shape index (κ1) is 17.7. The number of hydrogen-bond donors (Lipinski definition) is 1. The Bertz CT molecular complexity index is 939. The monoisotopic (exact) mass is 366 g/mol. The number of nitrogens with one attached hydrogen (secondary N) is 1. The third-order valence-corrected chi connectivity index (χ3v) is 5.56. The zero-order valence-corrected chi connectivity index (χ0v) is 15.9. The van der Waals surface area contributed by atoms with Crippen LogP contribution in [-0.2, 0) is 11.3 Å². The number of aromatic nitrogens is 5. The molecule has 142 valence electrons. The molecule has 0 amide bonds. The maximum atomic E-state index is 11.9. The molecule has 3 heterocycles. The van der Waals surface area contributed by atoms with Crippen LogP contribution >= 0.6 is 0 Å². The molecule has 0 aliphatic heterocycles. The van der Waals surface area contributed by atoms with Gasteiger partial charge in [0.25, 0.3) is 0 Å². The van der Waals surface area contributed by atoms with Gasteiger partial charge in [-0.1, -0.05) is 26.7 Å². The van der Waals surface area contributed by atoms with E-state index in [1.807, 2.05) is 12.4 Å². The summed E-state index contributed by atoms with van der Waals surface area (Å²) in [5.41, 5.74) is 1.74. The Balaban J connectivity index is 1.54. The number of ketones is 1. The SMILES string of the molecule is CCC(CC)Cn1ccc2cnc(Nc3cnn(C4CCCC4=O)c3)nc21. The molecule has 0 aromatic carbocycles. The zero-order valence-electron chi connectivity index (χ0n) is 15.9. The number of rotatable bonds is 7. The van der Waals surface area contributed by atoms with Crippen LogP contribution in [0.2, 0.25) is 0 Å². The number of carbonyl (C=O) groups excluding carboxylic acids is 1. The van der Waals surface area contributed by atoms with Crippen molar-refractivity contribution in [2.75, 3.05) is 5.32 Å². The normalized spacial score (nSPS) is 17.3. The lowest BCUT2D eigenvalue weighted by Crippen LogP contribution is -2.13. The number of Topliss-reactive ketones (excluding diaryl/α,β-unsaturated/α-hetero) is 1. The van der Waals surface area contributed by atoms with Gasteiger partial charge < -0.3 is 9.88 Å². The molecule has 1 aliphatic carbocycles. The molecule has 27 heavy (non-hydrogen) atoms. The van der Waals surface area contributed by atoms with Gasteiger partial charge in [-0.2, -0.15) is 10.1 Å². The van der Waals surface area contributed by atoms with Crippen LogP contribution in [0.15, 0.2) is 30.9 Å². The van der Waals surface area contributed by atoms with E-state index in [1.54, 1.807) is 10.9 Å². The van der Waals surface area contributed by atoms with Gasteiger partial charge in [-0.15, -0.1) is 0 Å². The second-order valence-corrected chi connectivity index (χ2v) is 7.33. The Morgan fingerprint density at radius 2 is 2.15 bits per heavy atom. The summed E-state index contributed by atoms with van der Waals surface area (Å²) >= 11 is 0. The van der Waals surface area contributed by atoms with Gasteiger partial charge in [-0.05, 0) is 24.8 Å². The van der Waals surface area contributed by atoms with Crippen molar-refractivity contribution >= 4 is 28.5 Å². The molecule has 1 atom stereocenters. The lowest BCUT2D eigenvalue weighted by atomic mass is 10.0. The molecule has 4 rings (SSSR count). The Labute approximate surface area is 158 Å². The van der Waals surface area contributed by atoms with Crippen LogP contribution in [0.1, 0.15) is 52.0 Å². The largest absolute Gasteiger partial charge is 0.332 e.